The lowest BCUT2D eigenvalue weighted by Gasteiger charge is -2.16. The maximum atomic E-state index is 13.1. The smallest absolute Gasteiger partial charge is 0.278 e. The number of amides is 1. The van der Waals surface area contributed by atoms with Crippen LogP contribution in [0.5, 0.6) is 0 Å². The number of benzene rings is 1. The second-order valence-corrected chi connectivity index (χ2v) is 8.44. The van der Waals surface area contributed by atoms with Crippen molar-refractivity contribution in [2.45, 2.75) is 65.0 Å². The van der Waals surface area contributed by atoms with E-state index in [1.54, 1.807) is 23.7 Å². The van der Waals surface area contributed by atoms with E-state index in [-0.39, 0.29) is 24.1 Å². The van der Waals surface area contributed by atoms with Gasteiger partial charge in [-0.05, 0) is 51.0 Å². The summed E-state index contributed by atoms with van der Waals surface area (Å²) < 4.78 is 2.97. The Hall–Kier alpha value is -2.67. The van der Waals surface area contributed by atoms with Crippen LogP contribution in [0.3, 0.4) is 0 Å². The summed E-state index contributed by atoms with van der Waals surface area (Å²) in [5.41, 5.74) is 2.38. The summed E-state index contributed by atoms with van der Waals surface area (Å²) in [5.74, 6) is -0.169. The topological polar surface area (TPSA) is 81.8 Å². The SMILES string of the molecule is Cc1nn(CC(=O)NC2CCCCCC2)c(=O)c2c(C)n(-c3ccc(Cl)cc3)nc12. The number of nitrogens with zero attached hydrogens (tertiary/aromatic N) is 4. The third-order valence-electron chi connectivity index (χ3n) is 5.76. The molecule has 158 valence electrons. The predicted molar refractivity (Wildman–Crippen MR) is 117 cm³/mol. The molecule has 2 aromatic heterocycles. The van der Waals surface area contributed by atoms with Crippen molar-refractivity contribution in [2.24, 2.45) is 0 Å². The average molecular weight is 428 g/mol. The number of halogens is 1. The molecular formula is C22H26ClN5O2. The quantitative estimate of drug-likeness (QED) is 0.644. The molecule has 0 atom stereocenters. The molecule has 1 N–H and O–H groups in total. The number of rotatable bonds is 4. The highest BCUT2D eigenvalue weighted by Crippen LogP contribution is 2.21. The third kappa shape index (κ3) is 4.12. The zero-order valence-electron chi connectivity index (χ0n) is 17.3. The number of hydrogen-bond donors (Lipinski definition) is 1. The molecule has 0 saturated heterocycles. The van der Waals surface area contributed by atoms with Crippen molar-refractivity contribution >= 4 is 28.4 Å². The summed E-state index contributed by atoms with van der Waals surface area (Å²) in [6.07, 6.45) is 6.72. The Morgan fingerprint density at radius 1 is 1.10 bits per heavy atom. The zero-order valence-corrected chi connectivity index (χ0v) is 18.1. The Morgan fingerprint density at radius 2 is 1.77 bits per heavy atom. The molecule has 0 bridgehead atoms. The standard InChI is InChI=1S/C22H26ClN5O2/c1-14-21-20(15(2)28(26-21)18-11-9-16(23)10-12-18)22(30)27(25-14)13-19(29)24-17-7-5-3-4-6-8-17/h9-12,17H,3-8,13H2,1-2H3,(H,24,29). The first-order valence-corrected chi connectivity index (χ1v) is 10.8. The van der Waals surface area contributed by atoms with Crippen molar-refractivity contribution < 1.29 is 4.79 Å². The molecule has 4 rings (SSSR count). The predicted octanol–water partition coefficient (Wildman–Crippen LogP) is 3.69. The fourth-order valence-electron chi connectivity index (χ4n) is 4.19. The third-order valence-corrected chi connectivity index (χ3v) is 6.01. The van der Waals surface area contributed by atoms with Gasteiger partial charge in [-0.15, -0.1) is 0 Å². The van der Waals surface area contributed by atoms with Gasteiger partial charge in [0.1, 0.15) is 12.1 Å². The molecule has 1 fully saturated rings. The molecule has 0 radical (unpaired) electrons. The zero-order chi connectivity index (χ0) is 21.3. The molecule has 7 nitrogen and oxygen atoms in total. The molecule has 0 spiro atoms. The van der Waals surface area contributed by atoms with Crippen LogP contribution in [0.25, 0.3) is 16.6 Å². The fourth-order valence-corrected chi connectivity index (χ4v) is 4.31. The van der Waals surface area contributed by atoms with E-state index < -0.39 is 0 Å². The van der Waals surface area contributed by atoms with Crippen LogP contribution >= 0.6 is 11.6 Å². The summed E-state index contributed by atoms with van der Waals surface area (Å²) in [5, 5.41) is 13.2. The largest absolute Gasteiger partial charge is 0.352 e. The maximum Gasteiger partial charge on any atom is 0.278 e. The molecule has 1 saturated carbocycles. The van der Waals surface area contributed by atoms with Crippen LogP contribution in [0.15, 0.2) is 29.1 Å². The van der Waals surface area contributed by atoms with Crippen LogP contribution in [0.4, 0.5) is 0 Å². The summed E-state index contributed by atoms with van der Waals surface area (Å²) in [6.45, 7) is 3.57. The Morgan fingerprint density at radius 3 is 2.43 bits per heavy atom. The number of hydrogen-bond acceptors (Lipinski definition) is 4. The molecule has 0 unspecified atom stereocenters. The van der Waals surface area contributed by atoms with Gasteiger partial charge in [-0.1, -0.05) is 37.3 Å². The summed E-state index contributed by atoms with van der Waals surface area (Å²) in [7, 11) is 0. The van der Waals surface area contributed by atoms with E-state index in [1.807, 2.05) is 19.1 Å². The van der Waals surface area contributed by atoms with E-state index in [0.717, 1.165) is 31.4 Å². The van der Waals surface area contributed by atoms with Gasteiger partial charge in [0.2, 0.25) is 5.91 Å². The lowest BCUT2D eigenvalue weighted by atomic mass is 10.1. The highest BCUT2D eigenvalue weighted by Gasteiger charge is 2.20. The Kier molecular flexibility index (Phi) is 5.90. The molecular weight excluding hydrogens is 402 g/mol. The monoisotopic (exact) mass is 427 g/mol. The molecule has 1 aliphatic rings. The van der Waals surface area contributed by atoms with Crippen LogP contribution in [0.2, 0.25) is 5.02 Å². The van der Waals surface area contributed by atoms with E-state index in [4.69, 9.17) is 11.6 Å². The number of fused-ring (bicyclic) bond motifs is 1. The van der Waals surface area contributed by atoms with Gasteiger partial charge in [0, 0.05) is 11.1 Å². The highest BCUT2D eigenvalue weighted by molar-refractivity contribution is 6.30. The number of aromatic nitrogens is 4. The molecule has 1 amide bonds. The van der Waals surface area contributed by atoms with Crippen LogP contribution in [-0.4, -0.2) is 31.5 Å². The normalized spacial score (nSPS) is 15.3. The second kappa shape index (κ2) is 8.60. The van der Waals surface area contributed by atoms with Gasteiger partial charge in [0.25, 0.3) is 5.56 Å². The van der Waals surface area contributed by atoms with Gasteiger partial charge in [-0.2, -0.15) is 10.2 Å². The molecule has 2 heterocycles. The molecule has 3 aromatic rings. The van der Waals surface area contributed by atoms with E-state index in [0.29, 0.717) is 27.3 Å². The van der Waals surface area contributed by atoms with Crippen molar-refractivity contribution in [1.29, 1.82) is 0 Å². The lowest BCUT2D eigenvalue weighted by Crippen LogP contribution is -2.39. The first-order chi connectivity index (χ1) is 14.4. The molecule has 30 heavy (non-hydrogen) atoms. The number of nitrogens with one attached hydrogen (secondary N) is 1. The van der Waals surface area contributed by atoms with Crippen molar-refractivity contribution in [3.63, 3.8) is 0 Å². The van der Waals surface area contributed by atoms with Gasteiger partial charge in [-0.3, -0.25) is 9.59 Å². The maximum absolute atomic E-state index is 13.1. The summed E-state index contributed by atoms with van der Waals surface area (Å²) in [6, 6.07) is 7.45. The minimum atomic E-state index is -0.302. The van der Waals surface area contributed by atoms with Gasteiger partial charge in [0.15, 0.2) is 0 Å². The van der Waals surface area contributed by atoms with Gasteiger partial charge in [0.05, 0.1) is 22.5 Å². The van der Waals surface area contributed by atoms with Gasteiger partial charge >= 0.3 is 0 Å². The first kappa shape index (κ1) is 20.6. The summed E-state index contributed by atoms with van der Waals surface area (Å²) >= 11 is 5.99. The van der Waals surface area contributed by atoms with Gasteiger partial charge in [-0.25, -0.2) is 9.36 Å². The second-order valence-electron chi connectivity index (χ2n) is 8.00. The van der Waals surface area contributed by atoms with E-state index in [9.17, 15) is 9.59 Å². The molecule has 1 aliphatic carbocycles. The summed E-state index contributed by atoms with van der Waals surface area (Å²) in [4.78, 5) is 25.7. The van der Waals surface area contributed by atoms with E-state index in [2.05, 4.69) is 15.5 Å². The van der Waals surface area contributed by atoms with Crippen molar-refractivity contribution in [3.05, 3.63) is 51.0 Å². The van der Waals surface area contributed by atoms with E-state index >= 15 is 0 Å². The minimum absolute atomic E-state index is 0.0856. The van der Waals surface area contributed by atoms with Crippen molar-refractivity contribution in [3.8, 4) is 5.69 Å². The lowest BCUT2D eigenvalue weighted by molar-refractivity contribution is -0.122. The van der Waals surface area contributed by atoms with Crippen LogP contribution in [0.1, 0.15) is 49.9 Å². The first-order valence-electron chi connectivity index (χ1n) is 10.5. The van der Waals surface area contributed by atoms with Crippen molar-refractivity contribution in [2.75, 3.05) is 0 Å². The Labute approximate surface area is 180 Å². The average Bonchev–Trinajstić information content (AvgIpc) is 2.88. The Bertz CT molecular complexity index is 1130. The van der Waals surface area contributed by atoms with Crippen molar-refractivity contribution in [1.82, 2.24) is 24.9 Å². The van der Waals surface area contributed by atoms with Gasteiger partial charge < -0.3 is 5.32 Å². The fraction of sp³-hybridized carbons (Fsp3) is 0.455. The number of carbonyl (C=O) groups excluding carboxylic acids is 1. The minimum Gasteiger partial charge on any atom is -0.352 e. The van der Waals surface area contributed by atoms with Crippen LogP contribution in [0, 0.1) is 13.8 Å². The Balaban J connectivity index is 1.64. The molecule has 0 aliphatic heterocycles. The van der Waals surface area contributed by atoms with Crippen LogP contribution < -0.4 is 10.9 Å². The molecule has 1 aromatic carbocycles. The molecule has 8 heteroatoms. The number of carbonyl (C=O) groups is 1. The van der Waals surface area contributed by atoms with E-state index in [1.165, 1.54) is 17.5 Å². The van der Waals surface area contributed by atoms with Crippen LogP contribution in [-0.2, 0) is 11.3 Å². The number of aryl methyl sites for hydroxylation is 2. The highest BCUT2D eigenvalue weighted by atomic mass is 35.5.